The van der Waals surface area contributed by atoms with Crippen LogP contribution in [0.2, 0.25) is 5.02 Å². The highest BCUT2D eigenvalue weighted by Crippen LogP contribution is 2.25. The molecule has 1 aliphatic heterocycles. The molecule has 0 aromatic heterocycles. The van der Waals surface area contributed by atoms with E-state index in [1.807, 2.05) is 6.07 Å². The van der Waals surface area contributed by atoms with Gasteiger partial charge in [-0.05, 0) is 25.1 Å². The van der Waals surface area contributed by atoms with Crippen LogP contribution in [-0.2, 0) is 0 Å². The minimum absolute atomic E-state index is 0.0627. The fourth-order valence-corrected chi connectivity index (χ4v) is 2.45. The lowest BCUT2D eigenvalue weighted by Gasteiger charge is -2.34. The van der Waals surface area contributed by atoms with Crippen LogP contribution in [0.15, 0.2) is 18.2 Å². The van der Waals surface area contributed by atoms with Gasteiger partial charge < -0.3 is 14.9 Å². The number of anilines is 1. The van der Waals surface area contributed by atoms with Crippen molar-refractivity contribution in [3.8, 4) is 0 Å². The van der Waals surface area contributed by atoms with Crippen LogP contribution in [-0.4, -0.2) is 48.1 Å². The third kappa shape index (κ3) is 2.98. The highest BCUT2D eigenvalue weighted by atomic mass is 35.5. The molecule has 0 unspecified atom stereocenters. The zero-order valence-electron chi connectivity index (χ0n) is 10.6. The largest absolute Gasteiger partial charge is 0.465 e. The molecule has 2 rings (SSSR count). The molecule has 1 N–H and O–H groups in total. The number of carbonyl (C=O) groups is 2. The second-order valence-corrected chi connectivity index (χ2v) is 4.88. The van der Waals surface area contributed by atoms with Crippen molar-refractivity contribution in [3.63, 3.8) is 0 Å². The first-order valence-corrected chi connectivity index (χ1v) is 6.40. The van der Waals surface area contributed by atoms with Crippen molar-refractivity contribution in [1.29, 1.82) is 0 Å². The summed E-state index contributed by atoms with van der Waals surface area (Å²) in [4.78, 5) is 25.6. The summed E-state index contributed by atoms with van der Waals surface area (Å²) in [6.45, 7) is 3.68. The Kier molecular flexibility index (Phi) is 3.95. The first-order chi connectivity index (χ1) is 8.99. The summed E-state index contributed by atoms with van der Waals surface area (Å²) >= 11 is 6.07. The second kappa shape index (κ2) is 5.48. The second-order valence-electron chi connectivity index (χ2n) is 4.48. The molecule has 19 heavy (non-hydrogen) atoms. The molecule has 1 fully saturated rings. The molecule has 0 atom stereocenters. The van der Waals surface area contributed by atoms with Crippen LogP contribution in [0.25, 0.3) is 0 Å². The zero-order valence-corrected chi connectivity index (χ0v) is 11.4. The van der Waals surface area contributed by atoms with Gasteiger partial charge in [-0.15, -0.1) is 0 Å². The number of piperazine rings is 1. The summed E-state index contributed by atoms with van der Waals surface area (Å²) in [5, 5.41) is 9.32. The van der Waals surface area contributed by atoms with Gasteiger partial charge in [-0.2, -0.15) is 0 Å². The number of carboxylic acid groups (broad SMARTS) is 1. The molecule has 1 saturated heterocycles. The smallest absolute Gasteiger partial charge is 0.407 e. The Bertz CT molecular complexity index is 511. The van der Waals surface area contributed by atoms with Crippen LogP contribution < -0.4 is 4.90 Å². The minimum Gasteiger partial charge on any atom is -0.465 e. The van der Waals surface area contributed by atoms with E-state index in [2.05, 4.69) is 4.90 Å². The van der Waals surface area contributed by atoms with Crippen molar-refractivity contribution in [1.82, 2.24) is 4.90 Å². The van der Waals surface area contributed by atoms with Gasteiger partial charge in [0.25, 0.3) is 0 Å². The minimum atomic E-state index is -0.885. The Morgan fingerprint density at radius 2 is 1.84 bits per heavy atom. The number of rotatable bonds is 2. The SMILES string of the molecule is CC(=O)c1ccc(N2CCN(C(=O)O)CC2)cc1Cl. The number of ketones is 1. The molecule has 0 saturated carbocycles. The molecular formula is C13H15ClN2O3. The Hall–Kier alpha value is -1.75. The molecule has 102 valence electrons. The lowest BCUT2D eigenvalue weighted by atomic mass is 10.1. The van der Waals surface area contributed by atoms with Crippen molar-refractivity contribution in [2.24, 2.45) is 0 Å². The number of carbonyl (C=O) groups excluding carboxylic acids is 1. The van der Waals surface area contributed by atoms with Crippen molar-refractivity contribution < 1.29 is 14.7 Å². The summed E-state index contributed by atoms with van der Waals surface area (Å²) in [5.74, 6) is -0.0627. The Morgan fingerprint density at radius 3 is 2.32 bits per heavy atom. The average molecular weight is 283 g/mol. The zero-order chi connectivity index (χ0) is 14.0. The lowest BCUT2D eigenvalue weighted by molar-refractivity contribution is 0.101. The van der Waals surface area contributed by atoms with Crippen LogP contribution in [0.1, 0.15) is 17.3 Å². The van der Waals surface area contributed by atoms with Gasteiger partial charge in [0, 0.05) is 37.4 Å². The summed E-state index contributed by atoms with van der Waals surface area (Å²) in [6, 6.07) is 5.32. The number of hydrogen-bond donors (Lipinski definition) is 1. The molecule has 1 aromatic carbocycles. The van der Waals surface area contributed by atoms with E-state index in [1.165, 1.54) is 11.8 Å². The van der Waals surface area contributed by atoms with Crippen LogP contribution >= 0.6 is 11.6 Å². The summed E-state index contributed by atoms with van der Waals surface area (Å²) in [5.41, 5.74) is 1.43. The molecule has 0 radical (unpaired) electrons. The Labute approximate surface area is 116 Å². The van der Waals surface area contributed by atoms with Crippen LogP contribution in [0.3, 0.4) is 0 Å². The topological polar surface area (TPSA) is 60.9 Å². The highest BCUT2D eigenvalue weighted by Gasteiger charge is 2.21. The number of nitrogens with zero attached hydrogens (tertiary/aromatic N) is 2. The van der Waals surface area contributed by atoms with E-state index in [1.54, 1.807) is 12.1 Å². The van der Waals surface area contributed by atoms with E-state index in [0.29, 0.717) is 36.8 Å². The summed E-state index contributed by atoms with van der Waals surface area (Å²) in [6.07, 6.45) is -0.885. The van der Waals surface area contributed by atoms with Crippen molar-refractivity contribution in [2.75, 3.05) is 31.1 Å². The normalized spacial score (nSPS) is 15.5. The molecule has 1 heterocycles. The first kappa shape index (κ1) is 13.7. The fraction of sp³-hybridized carbons (Fsp3) is 0.385. The van der Waals surface area contributed by atoms with Gasteiger partial charge >= 0.3 is 6.09 Å². The van der Waals surface area contributed by atoms with Gasteiger partial charge in [0.1, 0.15) is 0 Å². The lowest BCUT2D eigenvalue weighted by Crippen LogP contribution is -2.48. The number of amides is 1. The third-order valence-electron chi connectivity index (χ3n) is 3.25. The maximum absolute atomic E-state index is 11.3. The molecule has 6 heteroatoms. The van der Waals surface area contributed by atoms with Gasteiger partial charge in [-0.25, -0.2) is 4.79 Å². The third-order valence-corrected chi connectivity index (χ3v) is 3.56. The summed E-state index contributed by atoms with van der Waals surface area (Å²) < 4.78 is 0. The number of halogens is 1. The fourth-order valence-electron chi connectivity index (χ4n) is 2.14. The van der Waals surface area contributed by atoms with Crippen LogP contribution in [0, 0.1) is 0 Å². The molecule has 0 spiro atoms. The van der Waals surface area contributed by atoms with Crippen LogP contribution in [0.4, 0.5) is 10.5 Å². The van der Waals surface area contributed by atoms with Gasteiger partial charge in [0.05, 0.1) is 5.02 Å². The van der Waals surface area contributed by atoms with E-state index in [-0.39, 0.29) is 5.78 Å². The molecule has 1 amide bonds. The highest BCUT2D eigenvalue weighted by molar-refractivity contribution is 6.34. The van der Waals surface area contributed by atoms with Gasteiger partial charge in [0.15, 0.2) is 5.78 Å². The predicted molar refractivity (Wildman–Crippen MR) is 73.3 cm³/mol. The van der Waals surface area contributed by atoms with E-state index in [9.17, 15) is 9.59 Å². The van der Waals surface area contributed by atoms with Crippen molar-refractivity contribution in [3.05, 3.63) is 28.8 Å². The van der Waals surface area contributed by atoms with Gasteiger partial charge in [-0.3, -0.25) is 4.79 Å². The van der Waals surface area contributed by atoms with E-state index < -0.39 is 6.09 Å². The van der Waals surface area contributed by atoms with Crippen LogP contribution in [0.5, 0.6) is 0 Å². The van der Waals surface area contributed by atoms with Crippen molar-refractivity contribution in [2.45, 2.75) is 6.92 Å². The maximum atomic E-state index is 11.3. The predicted octanol–water partition coefficient (Wildman–Crippen LogP) is 2.34. The molecule has 0 bridgehead atoms. The first-order valence-electron chi connectivity index (χ1n) is 6.02. The average Bonchev–Trinajstić information content (AvgIpc) is 2.38. The Balaban J connectivity index is 2.10. The van der Waals surface area contributed by atoms with E-state index >= 15 is 0 Å². The van der Waals surface area contributed by atoms with E-state index in [0.717, 1.165) is 5.69 Å². The number of Topliss-reactive ketones (excluding diaryl/α,β-unsaturated/α-hetero) is 1. The summed E-state index contributed by atoms with van der Waals surface area (Å²) in [7, 11) is 0. The molecule has 1 aliphatic rings. The molecule has 1 aromatic rings. The molecule has 5 nitrogen and oxygen atoms in total. The van der Waals surface area contributed by atoms with Gasteiger partial charge in [0.2, 0.25) is 0 Å². The van der Waals surface area contributed by atoms with Gasteiger partial charge in [-0.1, -0.05) is 11.6 Å². The van der Waals surface area contributed by atoms with Crippen molar-refractivity contribution >= 4 is 29.2 Å². The van der Waals surface area contributed by atoms with E-state index in [4.69, 9.17) is 16.7 Å². The number of benzene rings is 1. The monoisotopic (exact) mass is 282 g/mol. The molecular weight excluding hydrogens is 268 g/mol. The number of hydrogen-bond acceptors (Lipinski definition) is 3. The molecule has 0 aliphatic carbocycles. The Morgan fingerprint density at radius 1 is 1.21 bits per heavy atom. The quantitative estimate of drug-likeness (QED) is 0.846. The maximum Gasteiger partial charge on any atom is 0.407 e. The standard InChI is InChI=1S/C13H15ClN2O3/c1-9(17)11-3-2-10(8-12(11)14)15-4-6-16(7-5-15)13(18)19/h2-3,8H,4-7H2,1H3,(H,18,19).